The summed E-state index contributed by atoms with van der Waals surface area (Å²) in [6, 6.07) is 3.56. The summed E-state index contributed by atoms with van der Waals surface area (Å²) in [7, 11) is 0. The van der Waals surface area contributed by atoms with Gasteiger partial charge in [0.25, 0.3) is 5.91 Å². The molecule has 0 aliphatic rings. The van der Waals surface area contributed by atoms with Gasteiger partial charge in [-0.05, 0) is 18.1 Å². The minimum absolute atomic E-state index is 0.187. The van der Waals surface area contributed by atoms with Crippen LogP contribution in [0.5, 0.6) is 0 Å². The monoisotopic (exact) mass is 320 g/mol. The molecule has 0 fully saturated rings. The number of thiophene rings is 1. The molecule has 0 saturated heterocycles. The molecular formula is C14H16N4OS2. The first-order valence-electron chi connectivity index (χ1n) is 6.51. The van der Waals surface area contributed by atoms with Gasteiger partial charge in [0.1, 0.15) is 5.01 Å². The van der Waals surface area contributed by atoms with Crippen molar-refractivity contribution in [3.8, 4) is 11.8 Å². The lowest BCUT2D eigenvalue weighted by molar-refractivity contribution is 0.103. The maximum atomic E-state index is 12.1. The van der Waals surface area contributed by atoms with E-state index >= 15 is 0 Å². The molecule has 2 aromatic heterocycles. The molecule has 21 heavy (non-hydrogen) atoms. The van der Waals surface area contributed by atoms with Gasteiger partial charge < -0.3 is 5.73 Å². The molecule has 1 amide bonds. The lowest BCUT2D eigenvalue weighted by atomic mass is 10.1. The molecule has 0 atom stereocenters. The molecule has 0 aliphatic carbocycles. The Balaban J connectivity index is 2.00. The molecule has 110 valence electrons. The number of amides is 1. The first-order chi connectivity index (χ1) is 10.1. The van der Waals surface area contributed by atoms with Gasteiger partial charge in [-0.25, -0.2) is 0 Å². The predicted molar refractivity (Wildman–Crippen MR) is 86.7 cm³/mol. The standard InChI is InChI=1S/C14H16N4OS2/c1-9(2)8-12-17-18-14(21-12)16-13(19)11-6-5-10(20-11)4-3-7-15/h5-6,9H,7-8,15H2,1-2H3,(H,16,18,19). The zero-order valence-electron chi connectivity index (χ0n) is 11.8. The third-order valence-corrected chi connectivity index (χ3v) is 4.27. The molecule has 0 aliphatic heterocycles. The van der Waals surface area contributed by atoms with E-state index in [4.69, 9.17) is 5.73 Å². The van der Waals surface area contributed by atoms with Crippen LogP contribution in [0, 0.1) is 17.8 Å². The van der Waals surface area contributed by atoms with Gasteiger partial charge in [0.05, 0.1) is 16.3 Å². The summed E-state index contributed by atoms with van der Waals surface area (Å²) in [4.78, 5) is 13.5. The lowest BCUT2D eigenvalue weighted by Crippen LogP contribution is -2.09. The Kier molecular flexibility index (Phi) is 5.44. The summed E-state index contributed by atoms with van der Waals surface area (Å²) < 4.78 is 0. The Labute approximate surface area is 131 Å². The van der Waals surface area contributed by atoms with E-state index in [2.05, 4.69) is 41.2 Å². The van der Waals surface area contributed by atoms with Gasteiger partial charge in [-0.3, -0.25) is 10.1 Å². The van der Waals surface area contributed by atoms with Gasteiger partial charge in [-0.15, -0.1) is 21.5 Å². The van der Waals surface area contributed by atoms with Gasteiger partial charge >= 0.3 is 0 Å². The van der Waals surface area contributed by atoms with E-state index in [0.717, 1.165) is 16.3 Å². The zero-order chi connectivity index (χ0) is 15.2. The molecule has 7 heteroatoms. The lowest BCUT2D eigenvalue weighted by Gasteiger charge is -1.98. The number of hydrogen-bond acceptors (Lipinski definition) is 6. The first kappa shape index (κ1) is 15.6. The maximum Gasteiger partial charge on any atom is 0.267 e. The summed E-state index contributed by atoms with van der Waals surface area (Å²) in [5.74, 6) is 6.00. The first-order valence-corrected chi connectivity index (χ1v) is 8.14. The van der Waals surface area contributed by atoms with Crippen LogP contribution in [0.4, 0.5) is 5.13 Å². The molecule has 2 aromatic rings. The summed E-state index contributed by atoms with van der Waals surface area (Å²) in [6.07, 6.45) is 0.866. The Morgan fingerprint density at radius 1 is 1.38 bits per heavy atom. The molecular weight excluding hydrogens is 304 g/mol. The van der Waals surface area contributed by atoms with Crippen LogP contribution in [-0.4, -0.2) is 22.6 Å². The number of nitrogens with two attached hydrogens (primary N) is 1. The van der Waals surface area contributed by atoms with Crippen molar-refractivity contribution in [2.24, 2.45) is 11.7 Å². The van der Waals surface area contributed by atoms with Crippen molar-refractivity contribution in [2.45, 2.75) is 20.3 Å². The quantitative estimate of drug-likeness (QED) is 0.847. The van der Waals surface area contributed by atoms with E-state index in [-0.39, 0.29) is 5.91 Å². The van der Waals surface area contributed by atoms with Crippen LogP contribution in [-0.2, 0) is 6.42 Å². The second-order valence-corrected chi connectivity index (χ2v) is 6.87. The molecule has 0 radical (unpaired) electrons. The van der Waals surface area contributed by atoms with Crippen molar-refractivity contribution in [2.75, 3.05) is 11.9 Å². The van der Waals surface area contributed by atoms with Crippen LogP contribution in [0.25, 0.3) is 0 Å². The average molecular weight is 320 g/mol. The van der Waals surface area contributed by atoms with Gasteiger partial charge in [0, 0.05) is 6.42 Å². The Bertz CT molecular complexity index is 678. The Morgan fingerprint density at radius 2 is 2.19 bits per heavy atom. The highest BCUT2D eigenvalue weighted by atomic mass is 32.1. The molecule has 0 unspecified atom stereocenters. The van der Waals surface area contributed by atoms with Crippen LogP contribution < -0.4 is 11.1 Å². The van der Waals surface area contributed by atoms with Crippen molar-refractivity contribution in [3.05, 3.63) is 26.9 Å². The fourth-order valence-electron chi connectivity index (χ4n) is 1.56. The topological polar surface area (TPSA) is 80.9 Å². The van der Waals surface area contributed by atoms with Crippen molar-refractivity contribution >= 4 is 33.7 Å². The second-order valence-electron chi connectivity index (χ2n) is 4.72. The molecule has 2 rings (SSSR count). The maximum absolute atomic E-state index is 12.1. The number of aromatic nitrogens is 2. The number of nitrogens with zero attached hydrogens (tertiary/aromatic N) is 2. The fraction of sp³-hybridized carbons (Fsp3) is 0.357. The Hall–Kier alpha value is -1.75. The smallest absolute Gasteiger partial charge is 0.267 e. The normalized spacial score (nSPS) is 10.3. The summed E-state index contributed by atoms with van der Waals surface area (Å²) in [5, 5.41) is 12.3. The largest absolute Gasteiger partial charge is 0.320 e. The van der Waals surface area contributed by atoms with Crippen molar-refractivity contribution < 1.29 is 4.79 Å². The number of hydrogen-bond donors (Lipinski definition) is 2. The molecule has 0 aromatic carbocycles. The van der Waals surface area contributed by atoms with Crippen LogP contribution >= 0.6 is 22.7 Å². The molecule has 3 N–H and O–H groups in total. The molecule has 2 heterocycles. The Morgan fingerprint density at radius 3 is 2.90 bits per heavy atom. The van der Waals surface area contributed by atoms with Crippen LogP contribution in [0.15, 0.2) is 12.1 Å². The van der Waals surface area contributed by atoms with Gasteiger partial charge in [0.2, 0.25) is 5.13 Å². The summed E-state index contributed by atoms with van der Waals surface area (Å²) >= 11 is 2.74. The van der Waals surface area contributed by atoms with Crippen molar-refractivity contribution in [3.63, 3.8) is 0 Å². The minimum atomic E-state index is -0.187. The van der Waals surface area contributed by atoms with Crippen LogP contribution in [0.1, 0.15) is 33.4 Å². The molecule has 0 saturated carbocycles. The number of carbonyl (C=O) groups excluding carboxylic acids is 1. The highest BCUT2D eigenvalue weighted by molar-refractivity contribution is 7.16. The zero-order valence-corrected chi connectivity index (χ0v) is 13.5. The minimum Gasteiger partial charge on any atom is -0.320 e. The van der Waals surface area contributed by atoms with Gasteiger partial charge in [0.15, 0.2) is 0 Å². The highest BCUT2D eigenvalue weighted by Crippen LogP contribution is 2.21. The summed E-state index contributed by atoms with van der Waals surface area (Å²) in [6.45, 7) is 4.55. The van der Waals surface area contributed by atoms with Gasteiger partial charge in [-0.2, -0.15) is 0 Å². The van der Waals surface area contributed by atoms with E-state index in [1.165, 1.54) is 22.7 Å². The fourth-order valence-corrected chi connectivity index (χ4v) is 3.28. The van der Waals surface area contributed by atoms with Crippen molar-refractivity contribution in [1.82, 2.24) is 10.2 Å². The second kappa shape index (κ2) is 7.31. The van der Waals surface area contributed by atoms with E-state index in [1.54, 1.807) is 6.07 Å². The molecule has 0 spiro atoms. The number of anilines is 1. The summed E-state index contributed by atoms with van der Waals surface area (Å²) in [5.41, 5.74) is 5.32. The molecule has 0 bridgehead atoms. The van der Waals surface area contributed by atoms with Gasteiger partial charge in [-0.1, -0.05) is 37.0 Å². The van der Waals surface area contributed by atoms with E-state index in [0.29, 0.717) is 22.5 Å². The third-order valence-electron chi connectivity index (χ3n) is 2.41. The number of carbonyl (C=O) groups is 1. The average Bonchev–Trinajstić information content (AvgIpc) is 3.05. The van der Waals surface area contributed by atoms with E-state index in [9.17, 15) is 4.79 Å². The number of rotatable bonds is 4. The van der Waals surface area contributed by atoms with Crippen molar-refractivity contribution in [1.29, 1.82) is 0 Å². The predicted octanol–water partition coefficient (Wildman–Crippen LogP) is 2.36. The van der Waals surface area contributed by atoms with Crippen LogP contribution in [0.2, 0.25) is 0 Å². The number of nitrogens with one attached hydrogen (secondary N) is 1. The van der Waals surface area contributed by atoms with E-state index < -0.39 is 0 Å². The van der Waals surface area contributed by atoms with E-state index in [1.807, 2.05) is 6.07 Å². The molecule has 5 nitrogen and oxygen atoms in total. The third kappa shape index (κ3) is 4.63. The SMILES string of the molecule is CC(C)Cc1nnc(NC(=O)c2ccc(C#CCN)s2)s1. The van der Waals surface area contributed by atoms with Crippen LogP contribution in [0.3, 0.4) is 0 Å². The highest BCUT2D eigenvalue weighted by Gasteiger charge is 2.12.